The van der Waals surface area contributed by atoms with Crippen LogP contribution >= 0.6 is 0 Å². The molecule has 1 aliphatic carbocycles. The molecule has 2 aromatic heterocycles. The molecule has 7 heteroatoms. The molecule has 1 saturated carbocycles. The Labute approximate surface area is 161 Å². The van der Waals surface area contributed by atoms with Gasteiger partial charge in [0.25, 0.3) is 0 Å². The fourth-order valence-electron chi connectivity index (χ4n) is 4.09. The van der Waals surface area contributed by atoms with Crippen LogP contribution in [0.25, 0.3) is 10.9 Å². The van der Waals surface area contributed by atoms with Crippen molar-refractivity contribution in [2.75, 3.05) is 10.2 Å². The number of benzene rings is 1. The molecule has 0 spiro atoms. The van der Waals surface area contributed by atoms with E-state index in [0.29, 0.717) is 5.82 Å². The monoisotopic (exact) mass is 377 g/mol. The van der Waals surface area contributed by atoms with Crippen LogP contribution in [0.15, 0.2) is 42.7 Å². The SMILES string of the molecule is CC1(C)C(=O)N([C@H]2C[C@H](Nc3ccc4cc(F)ccc4n3)C2)c2nccnc21. The van der Waals surface area contributed by atoms with Gasteiger partial charge < -0.3 is 5.32 Å². The first-order valence-electron chi connectivity index (χ1n) is 9.41. The molecule has 3 aromatic rings. The van der Waals surface area contributed by atoms with E-state index in [1.807, 2.05) is 30.9 Å². The minimum absolute atomic E-state index is 0.0583. The minimum atomic E-state index is -0.642. The lowest BCUT2D eigenvalue weighted by Gasteiger charge is -2.41. The molecule has 0 atom stereocenters. The molecule has 5 rings (SSSR count). The number of nitrogens with zero attached hydrogens (tertiary/aromatic N) is 4. The molecule has 28 heavy (non-hydrogen) atoms. The Hall–Kier alpha value is -3.09. The highest BCUT2D eigenvalue weighted by molar-refractivity contribution is 6.06. The van der Waals surface area contributed by atoms with E-state index in [-0.39, 0.29) is 23.8 Å². The molecule has 3 heterocycles. The van der Waals surface area contributed by atoms with Crippen molar-refractivity contribution in [3.8, 4) is 0 Å². The molecule has 1 aromatic carbocycles. The van der Waals surface area contributed by atoms with Crippen LogP contribution in [0.1, 0.15) is 32.4 Å². The summed E-state index contributed by atoms with van der Waals surface area (Å²) < 4.78 is 13.3. The van der Waals surface area contributed by atoms with Crippen LogP contribution < -0.4 is 10.2 Å². The van der Waals surface area contributed by atoms with E-state index < -0.39 is 5.41 Å². The van der Waals surface area contributed by atoms with Crippen molar-refractivity contribution < 1.29 is 9.18 Å². The predicted molar refractivity (Wildman–Crippen MR) is 105 cm³/mol. The Morgan fingerprint density at radius 3 is 2.75 bits per heavy atom. The Morgan fingerprint density at radius 1 is 1.14 bits per heavy atom. The smallest absolute Gasteiger partial charge is 0.240 e. The van der Waals surface area contributed by atoms with Crippen molar-refractivity contribution in [2.24, 2.45) is 0 Å². The third-order valence-corrected chi connectivity index (χ3v) is 5.73. The summed E-state index contributed by atoms with van der Waals surface area (Å²) in [7, 11) is 0. The van der Waals surface area contributed by atoms with Crippen LogP contribution in [0, 0.1) is 5.82 Å². The zero-order valence-corrected chi connectivity index (χ0v) is 15.7. The van der Waals surface area contributed by atoms with Gasteiger partial charge in [0.05, 0.1) is 16.6 Å². The number of hydrogen-bond acceptors (Lipinski definition) is 5. The highest BCUT2D eigenvalue weighted by atomic mass is 19.1. The quantitative estimate of drug-likeness (QED) is 0.757. The number of pyridine rings is 1. The summed E-state index contributed by atoms with van der Waals surface area (Å²) in [6.07, 6.45) is 4.92. The standard InChI is InChI=1S/C21H20FN5O/c1-21(2)18-19(24-8-7-23-18)27(20(21)28)15-10-14(11-15)25-17-6-3-12-9-13(22)4-5-16(12)26-17/h3-9,14-15H,10-11H2,1-2H3,(H,25,26)/t14-,15-. The van der Waals surface area contributed by atoms with Crippen molar-refractivity contribution >= 4 is 28.4 Å². The molecule has 1 fully saturated rings. The van der Waals surface area contributed by atoms with Crippen molar-refractivity contribution in [2.45, 2.75) is 44.2 Å². The van der Waals surface area contributed by atoms with E-state index in [0.717, 1.165) is 35.3 Å². The highest BCUT2D eigenvalue weighted by Gasteiger charge is 2.51. The second-order valence-corrected chi connectivity index (χ2v) is 8.03. The average Bonchev–Trinajstić information content (AvgIpc) is 2.85. The number of nitrogens with one attached hydrogen (secondary N) is 1. The fourth-order valence-corrected chi connectivity index (χ4v) is 4.09. The van der Waals surface area contributed by atoms with Crippen molar-refractivity contribution in [3.05, 3.63) is 54.2 Å². The number of fused-ring (bicyclic) bond motifs is 2. The Morgan fingerprint density at radius 2 is 1.93 bits per heavy atom. The van der Waals surface area contributed by atoms with Crippen LogP contribution in [0.2, 0.25) is 0 Å². The third kappa shape index (κ3) is 2.53. The van der Waals surface area contributed by atoms with Gasteiger partial charge in [0.2, 0.25) is 5.91 Å². The van der Waals surface area contributed by atoms with Gasteiger partial charge in [0.15, 0.2) is 5.82 Å². The summed E-state index contributed by atoms with van der Waals surface area (Å²) in [5, 5.41) is 4.19. The molecule has 6 nitrogen and oxygen atoms in total. The van der Waals surface area contributed by atoms with E-state index in [1.165, 1.54) is 12.1 Å². The topological polar surface area (TPSA) is 71.0 Å². The number of amides is 1. The van der Waals surface area contributed by atoms with E-state index in [9.17, 15) is 9.18 Å². The Balaban J connectivity index is 1.31. The third-order valence-electron chi connectivity index (χ3n) is 5.73. The maximum Gasteiger partial charge on any atom is 0.240 e. The Bertz CT molecular complexity index is 1090. The van der Waals surface area contributed by atoms with Crippen LogP contribution in [-0.4, -0.2) is 32.9 Å². The molecule has 2 aliphatic rings. The zero-order valence-electron chi connectivity index (χ0n) is 15.7. The first kappa shape index (κ1) is 17.0. The first-order chi connectivity index (χ1) is 13.4. The van der Waals surface area contributed by atoms with Gasteiger partial charge in [-0.05, 0) is 57.0 Å². The highest BCUT2D eigenvalue weighted by Crippen LogP contribution is 2.43. The normalized spacial score (nSPS) is 22.8. The number of halogens is 1. The van der Waals surface area contributed by atoms with Crippen LogP contribution in [0.4, 0.5) is 16.0 Å². The van der Waals surface area contributed by atoms with E-state index >= 15 is 0 Å². The molecule has 0 bridgehead atoms. The lowest BCUT2D eigenvalue weighted by Crippen LogP contribution is -2.53. The number of rotatable bonds is 3. The van der Waals surface area contributed by atoms with Gasteiger partial charge in [-0.3, -0.25) is 14.7 Å². The first-order valence-corrected chi connectivity index (χ1v) is 9.41. The molecular formula is C21H20FN5O. The van der Waals surface area contributed by atoms with E-state index in [4.69, 9.17) is 0 Å². The molecule has 0 radical (unpaired) electrons. The molecule has 1 amide bonds. The predicted octanol–water partition coefficient (Wildman–Crippen LogP) is 3.43. The van der Waals surface area contributed by atoms with E-state index in [2.05, 4.69) is 20.3 Å². The molecule has 142 valence electrons. The number of aromatic nitrogens is 3. The summed E-state index contributed by atoms with van der Waals surface area (Å²) in [5.41, 5.74) is 0.861. The number of carbonyl (C=O) groups is 1. The summed E-state index contributed by atoms with van der Waals surface area (Å²) in [6, 6.07) is 8.63. The summed E-state index contributed by atoms with van der Waals surface area (Å²) in [4.78, 5) is 28.1. The maximum absolute atomic E-state index is 13.3. The molecule has 0 saturated heterocycles. The van der Waals surface area contributed by atoms with Crippen molar-refractivity contribution in [1.82, 2.24) is 15.0 Å². The lowest BCUT2D eigenvalue weighted by atomic mass is 9.84. The molecule has 0 unspecified atom stereocenters. The minimum Gasteiger partial charge on any atom is -0.367 e. The Kier molecular flexibility index (Phi) is 3.62. The second-order valence-electron chi connectivity index (χ2n) is 8.03. The van der Waals surface area contributed by atoms with Gasteiger partial charge in [-0.15, -0.1) is 0 Å². The van der Waals surface area contributed by atoms with Gasteiger partial charge in [-0.2, -0.15) is 0 Å². The summed E-state index contributed by atoms with van der Waals surface area (Å²) >= 11 is 0. The average molecular weight is 377 g/mol. The number of hydrogen-bond donors (Lipinski definition) is 1. The van der Waals surface area contributed by atoms with Crippen molar-refractivity contribution in [3.63, 3.8) is 0 Å². The van der Waals surface area contributed by atoms with Crippen LogP contribution in [0.5, 0.6) is 0 Å². The molecular weight excluding hydrogens is 357 g/mol. The second kappa shape index (κ2) is 5.95. The maximum atomic E-state index is 13.3. The van der Waals surface area contributed by atoms with Gasteiger partial charge in [-0.25, -0.2) is 14.4 Å². The van der Waals surface area contributed by atoms with Gasteiger partial charge in [-0.1, -0.05) is 0 Å². The lowest BCUT2D eigenvalue weighted by molar-refractivity contribution is -0.123. The van der Waals surface area contributed by atoms with Crippen LogP contribution in [0.3, 0.4) is 0 Å². The largest absolute Gasteiger partial charge is 0.367 e. The molecule has 1 aliphatic heterocycles. The summed E-state index contributed by atoms with van der Waals surface area (Å²) in [5.74, 6) is 1.24. The fraction of sp³-hybridized carbons (Fsp3) is 0.333. The van der Waals surface area contributed by atoms with Crippen molar-refractivity contribution in [1.29, 1.82) is 0 Å². The summed E-state index contributed by atoms with van der Waals surface area (Å²) in [6.45, 7) is 3.80. The molecule has 1 N–H and O–H groups in total. The zero-order chi connectivity index (χ0) is 19.5. The van der Waals surface area contributed by atoms with Gasteiger partial charge in [0.1, 0.15) is 11.6 Å². The number of anilines is 2. The van der Waals surface area contributed by atoms with Gasteiger partial charge in [0, 0.05) is 29.9 Å². The number of carbonyl (C=O) groups excluding carboxylic acids is 1. The van der Waals surface area contributed by atoms with E-state index in [1.54, 1.807) is 18.5 Å². The van der Waals surface area contributed by atoms with Crippen LogP contribution in [-0.2, 0) is 10.2 Å². The van der Waals surface area contributed by atoms with Gasteiger partial charge >= 0.3 is 0 Å².